The third kappa shape index (κ3) is 6.53. The highest BCUT2D eigenvalue weighted by molar-refractivity contribution is 5.92. The van der Waals surface area contributed by atoms with Gasteiger partial charge in [0.25, 0.3) is 0 Å². The van der Waals surface area contributed by atoms with Gasteiger partial charge in [0.2, 0.25) is 17.7 Å². The minimum Gasteiger partial charge on any atom is -0.369 e. The Labute approximate surface area is 185 Å². The summed E-state index contributed by atoms with van der Waals surface area (Å²) in [7, 11) is 0. The Morgan fingerprint density at radius 1 is 0.935 bits per heavy atom. The molecule has 2 N–H and O–H groups in total. The first-order valence-corrected chi connectivity index (χ1v) is 11.6. The maximum Gasteiger partial charge on any atom is 0.237 e. The number of amides is 3. The highest BCUT2D eigenvalue weighted by Gasteiger charge is 2.26. The second-order valence-electron chi connectivity index (χ2n) is 8.84. The van der Waals surface area contributed by atoms with Crippen LogP contribution in [-0.2, 0) is 20.9 Å². The summed E-state index contributed by atoms with van der Waals surface area (Å²) in [6.07, 6.45) is 6.74. The Kier molecular flexibility index (Phi) is 8.46. The fraction of sp³-hybridized carbons (Fsp3) is 0.625. The Morgan fingerprint density at radius 2 is 1.58 bits per heavy atom. The number of carbonyl (C=O) groups is 3. The maximum absolute atomic E-state index is 13.2. The van der Waals surface area contributed by atoms with Gasteiger partial charge in [-0.2, -0.15) is 0 Å². The first-order valence-electron chi connectivity index (χ1n) is 11.6. The van der Waals surface area contributed by atoms with Gasteiger partial charge in [-0.15, -0.1) is 0 Å². The molecule has 7 heteroatoms. The van der Waals surface area contributed by atoms with Crippen LogP contribution < -0.4 is 10.6 Å². The van der Waals surface area contributed by atoms with Gasteiger partial charge in [-0.25, -0.2) is 0 Å². The van der Waals surface area contributed by atoms with Crippen molar-refractivity contribution in [1.82, 2.24) is 9.80 Å². The summed E-state index contributed by atoms with van der Waals surface area (Å²) in [5.41, 5.74) is 7.36. The molecule has 3 amide bonds. The van der Waals surface area contributed by atoms with Gasteiger partial charge < -0.3 is 15.5 Å². The number of likely N-dealkylation sites (tertiary alicyclic amines) is 1. The van der Waals surface area contributed by atoms with Crippen LogP contribution in [0.25, 0.3) is 0 Å². The Balaban J connectivity index is 1.73. The summed E-state index contributed by atoms with van der Waals surface area (Å²) in [4.78, 5) is 42.9. The fourth-order valence-electron chi connectivity index (χ4n) is 4.62. The molecule has 0 aliphatic carbocycles. The Bertz CT molecular complexity index is 774. The number of anilines is 1. The minimum absolute atomic E-state index is 0.0414. The van der Waals surface area contributed by atoms with Crippen LogP contribution in [0.3, 0.4) is 0 Å². The predicted octanol–water partition coefficient (Wildman–Crippen LogP) is 2.53. The molecule has 1 aromatic carbocycles. The van der Waals surface area contributed by atoms with E-state index in [-0.39, 0.29) is 23.6 Å². The lowest BCUT2D eigenvalue weighted by Crippen LogP contribution is -2.45. The number of benzene rings is 1. The van der Waals surface area contributed by atoms with Crippen molar-refractivity contribution in [1.29, 1.82) is 0 Å². The topological polar surface area (TPSA) is 87.0 Å². The Hall–Kier alpha value is -2.41. The van der Waals surface area contributed by atoms with E-state index in [2.05, 4.69) is 4.90 Å². The van der Waals surface area contributed by atoms with Crippen LogP contribution >= 0.6 is 0 Å². The van der Waals surface area contributed by atoms with Crippen LogP contribution in [0.5, 0.6) is 0 Å². The second-order valence-corrected chi connectivity index (χ2v) is 8.84. The molecule has 3 rings (SSSR count). The smallest absolute Gasteiger partial charge is 0.237 e. The van der Waals surface area contributed by atoms with E-state index >= 15 is 0 Å². The average Bonchev–Trinajstić information content (AvgIpc) is 2.74. The number of nitrogens with zero attached hydrogens (tertiary/aromatic N) is 3. The molecule has 0 unspecified atom stereocenters. The molecule has 170 valence electrons. The highest BCUT2D eigenvalue weighted by atomic mass is 16.2. The predicted molar refractivity (Wildman–Crippen MR) is 121 cm³/mol. The molecule has 1 fully saturated rings. The molecule has 0 atom stereocenters. The molecule has 0 bridgehead atoms. The lowest BCUT2D eigenvalue weighted by atomic mass is 9.96. The number of para-hydroxylation sites is 1. The van der Waals surface area contributed by atoms with Gasteiger partial charge >= 0.3 is 0 Å². The molecule has 0 spiro atoms. The highest BCUT2D eigenvalue weighted by Crippen LogP contribution is 2.25. The third-order valence-corrected chi connectivity index (χ3v) is 6.53. The van der Waals surface area contributed by atoms with E-state index in [0.29, 0.717) is 13.1 Å². The van der Waals surface area contributed by atoms with Crippen molar-refractivity contribution in [2.24, 2.45) is 11.7 Å². The first kappa shape index (κ1) is 23.3. The standard InChI is InChI=1S/C24H36N4O3/c1-19(29)28-14-8-4-2-3-7-13-27(17-21-9-5-6-10-22(21)28)23(30)18-26-15-11-20(12-16-26)24(25)31/h5-6,9-10,20H,2-4,7-8,11-18H2,1H3,(H2,25,31). The molecule has 1 saturated heterocycles. The zero-order chi connectivity index (χ0) is 22.2. The van der Waals surface area contributed by atoms with Crippen molar-refractivity contribution < 1.29 is 14.4 Å². The van der Waals surface area contributed by atoms with Gasteiger partial charge in [0.1, 0.15) is 0 Å². The SMILES string of the molecule is CC(=O)N1CCCCCCCN(C(=O)CN2CCC(C(N)=O)CC2)Cc2ccccc21. The molecular formula is C24H36N4O3. The number of fused-ring (bicyclic) bond motifs is 1. The molecule has 1 aromatic rings. The summed E-state index contributed by atoms with van der Waals surface area (Å²) < 4.78 is 0. The van der Waals surface area contributed by atoms with Gasteiger partial charge in [-0.1, -0.05) is 37.5 Å². The number of carbonyl (C=O) groups excluding carboxylic acids is 3. The molecular weight excluding hydrogens is 392 g/mol. The van der Waals surface area contributed by atoms with Crippen LogP contribution in [0.2, 0.25) is 0 Å². The fourth-order valence-corrected chi connectivity index (χ4v) is 4.62. The summed E-state index contributed by atoms with van der Waals surface area (Å²) in [5.74, 6) is -0.156. The minimum atomic E-state index is -0.235. The third-order valence-electron chi connectivity index (χ3n) is 6.53. The largest absolute Gasteiger partial charge is 0.369 e. The monoisotopic (exact) mass is 428 g/mol. The molecule has 0 saturated carbocycles. The van der Waals surface area contributed by atoms with Gasteiger partial charge in [-0.3, -0.25) is 19.3 Å². The zero-order valence-corrected chi connectivity index (χ0v) is 18.7. The molecule has 31 heavy (non-hydrogen) atoms. The van der Waals surface area contributed by atoms with Crippen LogP contribution in [0.1, 0.15) is 57.4 Å². The summed E-state index contributed by atoms with van der Waals surface area (Å²) in [6.45, 7) is 5.38. The summed E-state index contributed by atoms with van der Waals surface area (Å²) in [6, 6.07) is 7.94. The first-order chi connectivity index (χ1) is 15.0. The van der Waals surface area contributed by atoms with Crippen molar-refractivity contribution in [2.45, 2.75) is 58.4 Å². The number of piperidine rings is 1. The zero-order valence-electron chi connectivity index (χ0n) is 18.7. The molecule has 0 aromatic heterocycles. The van der Waals surface area contributed by atoms with Crippen molar-refractivity contribution in [3.05, 3.63) is 29.8 Å². The molecule has 0 radical (unpaired) electrons. The number of hydrogen-bond acceptors (Lipinski definition) is 4. The van der Waals surface area contributed by atoms with Crippen molar-refractivity contribution in [3.8, 4) is 0 Å². The van der Waals surface area contributed by atoms with Crippen molar-refractivity contribution in [3.63, 3.8) is 0 Å². The molecule has 2 aliphatic heterocycles. The summed E-state index contributed by atoms with van der Waals surface area (Å²) >= 11 is 0. The second kappa shape index (κ2) is 11.3. The van der Waals surface area contributed by atoms with Gasteiger partial charge in [0.05, 0.1) is 6.54 Å². The van der Waals surface area contributed by atoms with Crippen LogP contribution in [-0.4, -0.2) is 60.2 Å². The van der Waals surface area contributed by atoms with E-state index in [1.807, 2.05) is 34.1 Å². The Morgan fingerprint density at radius 3 is 2.26 bits per heavy atom. The van der Waals surface area contributed by atoms with E-state index in [1.54, 1.807) is 6.92 Å². The lowest BCUT2D eigenvalue weighted by molar-refractivity contribution is -0.133. The van der Waals surface area contributed by atoms with E-state index in [1.165, 1.54) is 0 Å². The van der Waals surface area contributed by atoms with E-state index in [0.717, 1.165) is 82.4 Å². The van der Waals surface area contributed by atoms with E-state index < -0.39 is 0 Å². The van der Waals surface area contributed by atoms with Crippen LogP contribution in [0, 0.1) is 5.92 Å². The van der Waals surface area contributed by atoms with E-state index in [9.17, 15) is 14.4 Å². The van der Waals surface area contributed by atoms with Crippen molar-refractivity contribution >= 4 is 23.4 Å². The number of rotatable bonds is 3. The number of hydrogen-bond donors (Lipinski definition) is 1. The molecule has 2 heterocycles. The van der Waals surface area contributed by atoms with Crippen molar-refractivity contribution in [2.75, 3.05) is 37.6 Å². The van der Waals surface area contributed by atoms with Gasteiger partial charge in [0.15, 0.2) is 0 Å². The summed E-state index contributed by atoms with van der Waals surface area (Å²) in [5, 5.41) is 0. The number of primary amides is 1. The normalized spacial score (nSPS) is 19.8. The lowest BCUT2D eigenvalue weighted by Gasteiger charge is -2.33. The van der Waals surface area contributed by atoms with E-state index in [4.69, 9.17) is 5.73 Å². The van der Waals surface area contributed by atoms with Gasteiger partial charge in [-0.05, 0) is 50.4 Å². The maximum atomic E-state index is 13.2. The molecule has 2 aliphatic rings. The average molecular weight is 429 g/mol. The number of nitrogens with two attached hydrogens (primary N) is 1. The van der Waals surface area contributed by atoms with Crippen LogP contribution in [0.4, 0.5) is 5.69 Å². The quantitative estimate of drug-likeness (QED) is 0.801. The van der Waals surface area contributed by atoms with Crippen LogP contribution in [0.15, 0.2) is 24.3 Å². The molecule has 7 nitrogen and oxygen atoms in total. The van der Waals surface area contributed by atoms with Gasteiger partial charge in [0, 0.05) is 38.2 Å².